The standard InChI is InChI=1S/C8H5FN2OS/c9-5-1-4(8(10)12)2-6-7(5)11-3-13-6/h1-3H,(H2,10,12). The molecule has 0 aliphatic carbocycles. The molecule has 0 bridgehead atoms. The van der Waals surface area contributed by atoms with E-state index in [0.29, 0.717) is 4.70 Å². The summed E-state index contributed by atoms with van der Waals surface area (Å²) in [7, 11) is 0. The van der Waals surface area contributed by atoms with Crippen LogP contribution >= 0.6 is 11.3 Å². The van der Waals surface area contributed by atoms with Crippen LogP contribution in [0.15, 0.2) is 17.6 Å². The molecule has 0 atom stereocenters. The number of amides is 1. The average molecular weight is 196 g/mol. The van der Waals surface area contributed by atoms with Crippen LogP contribution in [0.4, 0.5) is 4.39 Å². The number of nitrogens with zero attached hydrogens (tertiary/aromatic N) is 1. The smallest absolute Gasteiger partial charge is 0.248 e. The van der Waals surface area contributed by atoms with Gasteiger partial charge in [-0.2, -0.15) is 0 Å². The summed E-state index contributed by atoms with van der Waals surface area (Å²) in [5.74, 6) is -1.14. The molecule has 2 N–H and O–H groups in total. The lowest BCUT2D eigenvalue weighted by molar-refractivity contribution is 0.1000. The molecule has 3 nitrogen and oxygen atoms in total. The zero-order chi connectivity index (χ0) is 9.42. The van der Waals surface area contributed by atoms with Gasteiger partial charge in [0.2, 0.25) is 5.91 Å². The van der Waals surface area contributed by atoms with Crippen molar-refractivity contribution in [2.75, 3.05) is 0 Å². The van der Waals surface area contributed by atoms with Gasteiger partial charge in [-0.1, -0.05) is 0 Å². The third-order valence-electron chi connectivity index (χ3n) is 1.67. The molecule has 1 aromatic carbocycles. The Kier molecular flexibility index (Phi) is 1.73. The van der Waals surface area contributed by atoms with E-state index in [1.54, 1.807) is 6.07 Å². The number of benzene rings is 1. The molecular weight excluding hydrogens is 191 g/mol. The van der Waals surface area contributed by atoms with Crippen LogP contribution in [0.3, 0.4) is 0 Å². The molecule has 0 radical (unpaired) electrons. The maximum absolute atomic E-state index is 13.2. The molecule has 0 fully saturated rings. The summed E-state index contributed by atoms with van der Waals surface area (Å²) in [6, 6.07) is 2.64. The number of aromatic nitrogens is 1. The SMILES string of the molecule is NC(=O)c1cc(F)c2ncsc2c1. The van der Waals surface area contributed by atoms with Crippen molar-refractivity contribution in [2.24, 2.45) is 5.73 Å². The number of hydrogen-bond donors (Lipinski definition) is 1. The van der Waals surface area contributed by atoms with Crippen LogP contribution in [-0.4, -0.2) is 10.9 Å². The van der Waals surface area contributed by atoms with Crippen molar-refractivity contribution >= 4 is 27.5 Å². The van der Waals surface area contributed by atoms with E-state index in [1.165, 1.54) is 16.8 Å². The average Bonchev–Trinajstić information content (AvgIpc) is 2.51. The van der Waals surface area contributed by atoms with Gasteiger partial charge in [-0.05, 0) is 12.1 Å². The minimum atomic E-state index is -0.630. The third kappa shape index (κ3) is 1.27. The van der Waals surface area contributed by atoms with Crippen molar-refractivity contribution in [1.82, 2.24) is 4.98 Å². The number of primary amides is 1. The van der Waals surface area contributed by atoms with E-state index in [9.17, 15) is 9.18 Å². The van der Waals surface area contributed by atoms with E-state index in [0.717, 1.165) is 6.07 Å². The van der Waals surface area contributed by atoms with E-state index in [4.69, 9.17) is 5.73 Å². The van der Waals surface area contributed by atoms with Crippen molar-refractivity contribution in [3.8, 4) is 0 Å². The van der Waals surface area contributed by atoms with Gasteiger partial charge in [-0.25, -0.2) is 9.37 Å². The lowest BCUT2D eigenvalue weighted by Crippen LogP contribution is -2.10. The van der Waals surface area contributed by atoms with Gasteiger partial charge in [0.15, 0.2) is 5.82 Å². The number of rotatable bonds is 1. The van der Waals surface area contributed by atoms with Gasteiger partial charge in [0.1, 0.15) is 5.52 Å². The number of hydrogen-bond acceptors (Lipinski definition) is 3. The van der Waals surface area contributed by atoms with Gasteiger partial charge in [-0.3, -0.25) is 4.79 Å². The van der Waals surface area contributed by atoms with E-state index in [2.05, 4.69) is 4.98 Å². The van der Waals surface area contributed by atoms with Crippen molar-refractivity contribution < 1.29 is 9.18 Å². The molecule has 5 heteroatoms. The Balaban J connectivity index is 2.77. The summed E-state index contributed by atoms with van der Waals surface area (Å²) in [5.41, 5.74) is 7.01. The van der Waals surface area contributed by atoms with E-state index < -0.39 is 11.7 Å². The summed E-state index contributed by atoms with van der Waals surface area (Å²) in [6.07, 6.45) is 0. The summed E-state index contributed by atoms with van der Waals surface area (Å²) in [4.78, 5) is 14.6. The minimum Gasteiger partial charge on any atom is -0.366 e. The molecule has 66 valence electrons. The number of fused-ring (bicyclic) bond motifs is 1. The third-order valence-corrected chi connectivity index (χ3v) is 2.45. The van der Waals surface area contributed by atoms with Gasteiger partial charge in [0.25, 0.3) is 0 Å². The molecule has 2 aromatic rings. The first kappa shape index (κ1) is 8.12. The largest absolute Gasteiger partial charge is 0.366 e. The van der Waals surface area contributed by atoms with E-state index in [1.807, 2.05) is 0 Å². The zero-order valence-electron chi connectivity index (χ0n) is 6.45. The normalized spacial score (nSPS) is 10.5. The molecule has 1 amide bonds. The first-order valence-electron chi connectivity index (χ1n) is 3.51. The minimum absolute atomic E-state index is 0.175. The molecule has 1 aromatic heterocycles. The first-order valence-corrected chi connectivity index (χ1v) is 4.39. The predicted octanol–water partition coefficient (Wildman–Crippen LogP) is 1.53. The maximum atomic E-state index is 13.2. The summed E-state index contributed by atoms with van der Waals surface area (Å²) in [5, 5.41) is 0. The Hall–Kier alpha value is -1.49. The zero-order valence-corrected chi connectivity index (χ0v) is 7.27. The van der Waals surface area contributed by atoms with Crippen molar-refractivity contribution in [3.63, 3.8) is 0 Å². The Morgan fingerprint density at radius 2 is 2.31 bits per heavy atom. The number of nitrogens with two attached hydrogens (primary N) is 1. The second-order valence-electron chi connectivity index (χ2n) is 2.52. The lowest BCUT2D eigenvalue weighted by Gasteiger charge is -1.95. The highest BCUT2D eigenvalue weighted by Crippen LogP contribution is 2.22. The number of carbonyl (C=O) groups is 1. The van der Waals surface area contributed by atoms with Crippen LogP contribution < -0.4 is 5.73 Å². The Morgan fingerprint density at radius 1 is 1.54 bits per heavy atom. The predicted molar refractivity (Wildman–Crippen MR) is 48.1 cm³/mol. The van der Waals surface area contributed by atoms with Gasteiger partial charge in [0, 0.05) is 5.56 Å². The van der Waals surface area contributed by atoms with Crippen LogP contribution in [0.1, 0.15) is 10.4 Å². The van der Waals surface area contributed by atoms with Crippen LogP contribution in [0.2, 0.25) is 0 Å². The van der Waals surface area contributed by atoms with E-state index in [-0.39, 0.29) is 11.1 Å². The highest BCUT2D eigenvalue weighted by atomic mass is 32.1. The Morgan fingerprint density at radius 3 is 3.00 bits per heavy atom. The highest BCUT2D eigenvalue weighted by Gasteiger charge is 2.08. The second-order valence-corrected chi connectivity index (χ2v) is 3.41. The van der Waals surface area contributed by atoms with Crippen molar-refractivity contribution in [3.05, 3.63) is 29.0 Å². The molecule has 0 unspecified atom stereocenters. The lowest BCUT2D eigenvalue weighted by atomic mass is 10.2. The topological polar surface area (TPSA) is 56.0 Å². The van der Waals surface area contributed by atoms with E-state index >= 15 is 0 Å². The molecular formula is C8H5FN2OS. The summed E-state index contributed by atoms with van der Waals surface area (Å²) in [6.45, 7) is 0. The fourth-order valence-corrected chi connectivity index (χ4v) is 1.80. The fourth-order valence-electron chi connectivity index (χ4n) is 1.07. The van der Waals surface area contributed by atoms with Crippen molar-refractivity contribution in [2.45, 2.75) is 0 Å². The maximum Gasteiger partial charge on any atom is 0.248 e. The Bertz CT molecular complexity index is 480. The number of carbonyl (C=O) groups excluding carboxylic acids is 1. The quantitative estimate of drug-likeness (QED) is 0.752. The van der Waals surface area contributed by atoms with Crippen LogP contribution in [0, 0.1) is 5.82 Å². The molecule has 2 rings (SSSR count). The van der Waals surface area contributed by atoms with Crippen molar-refractivity contribution in [1.29, 1.82) is 0 Å². The molecule has 13 heavy (non-hydrogen) atoms. The van der Waals surface area contributed by atoms with Crippen LogP contribution in [0.5, 0.6) is 0 Å². The highest BCUT2D eigenvalue weighted by molar-refractivity contribution is 7.16. The monoisotopic (exact) mass is 196 g/mol. The molecule has 1 heterocycles. The first-order chi connectivity index (χ1) is 6.18. The number of halogens is 1. The van der Waals surface area contributed by atoms with Gasteiger partial charge >= 0.3 is 0 Å². The molecule has 0 spiro atoms. The second kappa shape index (κ2) is 2.77. The molecule has 0 aliphatic rings. The van der Waals surface area contributed by atoms with Crippen LogP contribution in [-0.2, 0) is 0 Å². The van der Waals surface area contributed by atoms with Crippen LogP contribution in [0.25, 0.3) is 10.2 Å². The molecule has 0 aliphatic heterocycles. The summed E-state index contributed by atoms with van der Waals surface area (Å²) < 4.78 is 13.8. The summed E-state index contributed by atoms with van der Waals surface area (Å²) >= 11 is 1.27. The van der Waals surface area contributed by atoms with Gasteiger partial charge in [-0.15, -0.1) is 11.3 Å². The molecule has 0 saturated carbocycles. The number of thiazole rings is 1. The fraction of sp³-hybridized carbons (Fsp3) is 0. The van der Waals surface area contributed by atoms with Gasteiger partial charge < -0.3 is 5.73 Å². The molecule has 0 saturated heterocycles. The Labute approximate surface area is 77.0 Å². The van der Waals surface area contributed by atoms with Gasteiger partial charge in [0.05, 0.1) is 10.2 Å².